The lowest BCUT2D eigenvalue weighted by atomic mass is 9.89. The van der Waals surface area contributed by atoms with Gasteiger partial charge in [-0.1, -0.05) is 30.8 Å². The first-order valence-corrected chi connectivity index (χ1v) is 11.8. The zero-order valence-electron chi connectivity index (χ0n) is 17.8. The number of nitrogens with zero attached hydrogens (tertiary/aromatic N) is 3. The van der Waals surface area contributed by atoms with Crippen LogP contribution < -0.4 is 5.32 Å². The molecule has 7 nitrogen and oxygen atoms in total. The largest absolute Gasteiger partial charge is 0.343 e. The molecule has 2 amide bonds. The van der Waals surface area contributed by atoms with Gasteiger partial charge in [0.15, 0.2) is 5.82 Å². The topological polar surface area (TPSA) is 88.3 Å². The SMILES string of the molecule is CC(=O)NC1(c2noc(CCC(=O)N3CCc4sccc4C3C)n2)CCCCCC1. The Balaban J connectivity index is 1.41. The Bertz CT molecular complexity index is 898. The van der Waals surface area contributed by atoms with Crippen molar-refractivity contribution in [2.24, 2.45) is 0 Å². The second kappa shape index (κ2) is 8.88. The zero-order valence-corrected chi connectivity index (χ0v) is 18.6. The molecule has 1 saturated carbocycles. The van der Waals surface area contributed by atoms with Crippen LogP contribution >= 0.6 is 11.3 Å². The fraction of sp³-hybridized carbons (Fsp3) is 0.636. The smallest absolute Gasteiger partial charge is 0.227 e. The van der Waals surface area contributed by atoms with Crippen molar-refractivity contribution in [3.63, 3.8) is 0 Å². The van der Waals surface area contributed by atoms with E-state index >= 15 is 0 Å². The number of carbonyl (C=O) groups excluding carboxylic acids is 2. The number of aromatic nitrogens is 2. The number of rotatable bonds is 5. The molecule has 1 N–H and O–H groups in total. The minimum absolute atomic E-state index is 0.0784. The Hall–Kier alpha value is -2.22. The van der Waals surface area contributed by atoms with Crippen molar-refractivity contribution >= 4 is 23.2 Å². The van der Waals surface area contributed by atoms with E-state index < -0.39 is 5.54 Å². The van der Waals surface area contributed by atoms with Crippen LogP contribution in [0.5, 0.6) is 0 Å². The van der Waals surface area contributed by atoms with E-state index in [1.54, 1.807) is 11.3 Å². The van der Waals surface area contributed by atoms with Crippen LogP contribution in [0.3, 0.4) is 0 Å². The summed E-state index contributed by atoms with van der Waals surface area (Å²) in [6.07, 6.45) is 7.69. The monoisotopic (exact) mass is 430 g/mol. The minimum atomic E-state index is -0.551. The fourth-order valence-electron chi connectivity index (χ4n) is 4.83. The van der Waals surface area contributed by atoms with Gasteiger partial charge in [-0.2, -0.15) is 4.98 Å². The quantitative estimate of drug-likeness (QED) is 0.727. The molecule has 0 bridgehead atoms. The average Bonchev–Trinajstić information content (AvgIpc) is 3.33. The summed E-state index contributed by atoms with van der Waals surface area (Å²) in [7, 11) is 0. The molecule has 2 aromatic rings. The molecule has 1 fully saturated rings. The van der Waals surface area contributed by atoms with Crippen molar-refractivity contribution in [2.75, 3.05) is 6.54 Å². The maximum absolute atomic E-state index is 12.9. The predicted octanol–water partition coefficient (Wildman–Crippen LogP) is 3.90. The van der Waals surface area contributed by atoms with Gasteiger partial charge in [-0.3, -0.25) is 9.59 Å². The Morgan fingerprint density at radius 1 is 1.30 bits per heavy atom. The second-order valence-electron chi connectivity index (χ2n) is 8.50. The molecule has 1 atom stereocenters. The number of hydrogen-bond donors (Lipinski definition) is 1. The highest BCUT2D eigenvalue weighted by Crippen LogP contribution is 2.35. The highest BCUT2D eigenvalue weighted by atomic mass is 32.1. The Morgan fingerprint density at radius 2 is 2.07 bits per heavy atom. The highest BCUT2D eigenvalue weighted by molar-refractivity contribution is 7.10. The summed E-state index contributed by atoms with van der Waals surface area (Å²) < 4.78 is 5.49. The van der Waals surface area contributed by atoms with Crippen LogP contribution in [0.2, 0.25) is 0 Å². The first-order chi connectivity index (χ1) is 14.5. The van der Waals surface area contributed by atoms with Crippen LogP contribution in [0, 0.1) is 0 Å². The normalized spacial score (nSPS) is 21.0. The van der Waals surface area contributed by atoms with E-state index in [4.69, 9.17) is 4.52 Å². The number of amides is 2. The molecule has 0 aromatic carbocycles. The van der Waals surface area contributed by atoms with Gasteiger partial charge in [-0.25, -0.2) is 0 Å². The first kappa shape index (κ1) is 21.0. The third kappa shape index (κ3) is 4.29. The Morgan fingerprint density at radius 3 is 2.80 bits per heavy atom. The zero-order chi connectivity index (χ0) is 21.1. The Kier molecular flexibility index (Phi) is 6.22. The van der Waals surface area contributed by atoms with Gasteiger partial charge >= 0.3 is 0 Å². The fourth-order valence-corrected chi connectivity index (χ4v) is 5.79. The van der Waals surface area contributed by atoms with E-state index in [0.29, 0.717) is 24.6 Å². The first-order valence-electron chi connectivity index (χ1n) is 11.0. The van der Waals surface area contributed by atoms with Crippen molar-refractivity contribution in [1.82, 2.24) is 20.4 Å². The molecular formula is C22H30N4O3S. The molecule has 3 heterocycles. The summed E-state index contributed by atoms with van der Waals surface area (Å²) in [6.45, 7) is 4.38. The lowest BCUT2D eigenvalue weighted by Gasteiger charge is -2.33. The van der Waals surface area contributed by atoms with Crippen molar-refractivity contribution in [1.29, 1.82) is 0 Å². The van der Waals surface area contributed by atoms with E-state index in [1.807, 2.05) is 4.90 Å². The van der Waals surface area contributed by atoms with Crippen LogP contribution in [-0.4, -0.2) is 33.4 Å². The number of nitrogens with one attached hydrogen (secondary N) is 1. The lowest BCUT2D eigenvalue weighted by molar-refractivity contribution is -0.133. The summed E-state index contributed by atoms with van der Waals surface area (Å²) in [5.74, 6) is 1.06. The molecule has 0 spiro atoms. The highest BCUT2D eigenvalue weighted by Gasteiger charge is 2.38. The second-order valence-corrected chi connectivity index (χ2v) is 9.50. The van der Waals surface area contributed by atoms with Crippen LogP contribution in [0.15, 0.2) is 16.0 Å². The predicted molar refractivity (Wildman–Crippen MR) is 114 cm³/mol. The third-order valence-electron chi connectivity index (χ3n) is 6.42. The number of aryl methyl sites for hydroxylation is 1. The van der Waals surface area contributed by atoms with Gasteiger partial charge in [0.1, 0.15) is 5.54 Å². The molecule has 30 heavy (non-hydrogen) atoms. The van der Waals surface area contributed by atoms with Gasteiger partial charge in [0.05, 0.1) is 6.04 Å². The van der Waals surface area contributed by atoms with Crippen LogP contribution in [0.4, 0.5) is 0 Å². The third-order valence-corrected chi connectivity index (χ3v) is 7.42. The van der Waals surface area contributed by atoms with Gasteiger partial charge in [-0.05, 0) is 43.2 Å². The number of hydrogen-bond acceptors (Lipinski definition) is 6. The van der Waals surface area contributed by atoms with Crippen LogP contribution in [-0.2, 0) is 28.0 Å². The van der Waals surface area contributed by atoms with Gasteiger partial charge in [0.2, 0.25) is 17.7 Å². The maximum atomic E-state index is 12.9. The van der Waals surface area contributed by atoms with Gasteiger partial charge in [0, 0.05) is 31.2 Å². The summed E-state index contributed by atoms with van der Waals surface area (Å²) >= 11 is 1.77. The van der Waals surface area contributed by atoms with Crippen LogP contribution in [0.1, 0.15) is 87.0 Å². The molecule has 8 heteroatoms. The number of fused-ring (bicyclic) bond motifs is 1. The number of thiophene rings is 1. The molecule has 2 aromatic heterocycles. The summed E-state index contributed by atoms with van der Waals surface area (Å²) in [6, 6.07) is 2.24. The van der Waals surface area contributed by atoms with Gasteiger partial charge in [0.25, 0.3) is 0 Å². The van der Waals surface area contributed by atoms with Crippen molar-refractivity contribution in [3.05, 3.63) is 33.6 Å². The molecule has 1 aliphatic heterocycles. The van der Waals surface area contributed by atoms with E-state index in [-0.39, 0.29) is 17.9 Å². The number of carbonyl (C=O) groups is 2. The van der Waals surface area contributed by atoms with E-state index in [1.165, 1.54) is 17.4 Å². The van der Waals surface area contributed by atoms with Crippen molar-refractivity contribution in [2.45, 2.75) is 83.2 Å². The van der Waals surface area contributed by atoms with Crippen molar-refractivity contribution in [3.8, 4) is 0 Å². The van der Waals surface area contributed by atoms with Gasteiger partial charge < -0.3 is 14.7 Å². The standard InChI is InChI=1S/C22H30N4O3S/c1-15-17-10-14-30-18(17)9-13-26(15)20(28)8-7-19-23-21(25-29-19)22(24-16(2)27)11-5-3-4-6-12-22/h10,14-15H,3-9,11-13H2,1-2H3,(H,24,27). The Labute approximate surface area is 181 Å². The summed E-state index contributed by atoms with van der Waals surface area (Å²) in [4.78, 5) is 32.7. The molecule has 0 saturated heterocycles. The molecule has 4 rings (SSSR count). The minimum Gasteiger partial charge on any atom is -0.343 e. The molecule has 162 valence electrons. The summed E-state index contributed by atoms with van der Waals surface area (Å²) in [5.41, 5.74) is 0.718. The lowest BCUT2D eigenvalue weighted by Crippen LogP contribution is -2.45. The molecule has 0 radical (unpaired) electrons. The molecule has 1 aliphatic carbocycles. The molecule has 1 unspecified atom stereocenters. The molecular weight excluding hydrogens is 400 g/mol. The average molecular weight is 431 g/mol. The van der Waals surface area contributed by atoms with E-state index in [2.05, 4.69) is 33.8 Å². The maximum Gasteiger partial charge on any atom is 0.227 e. The van der Waals surface area contributed by atoms with Crippen molar-refractivity contribution < 1.29 is 14.1 Å². The summed E-state index contributed by atoms with van der Waals surface area (Å²) in [5, 5.41) is 9.41. The van der Waals surface area contributed by atoms with E-state index in [0.717, 1.165) is 51.5 Å². The van der Waals surface area contributed by atoms with E-state index in [9.17, 15) is 9.59 Å². The molecule has 2 aliphatic rings. The van der Waals surface area contributed by atoms with Crippen LogP contribution in [0.25, 0.3) is 0 Å². The van der Waals surface area contributed by atoms with Gasteiger partial charge in [-0.15, -0.1) is 11.3 Å².